The minimum atomic E-state index is 0.0601. The average molecular weight is 338 g/mol. The Balaban J connectivity index is 1.48. The molecular weight excluding hydrogens is 312 g/mol. The summed E-state index contributed by atoms with van der Waals surface area (Å²) in [7, 11) is 0. The van der Waals surface area contributed by atoms with Crippen LogP contribution < -0.4 is 5.73 Å². The molecule has 3 rings (SSSR count). The van der Waals surface area contributed by atoms with E-state index in [1.165, 1.54) is 11.1 Å². The third-order valence-corrected chi connectivity index (χ3v) is 4.93. The van der Waals surface area contributed by atoms with Gasteiger partial charge in [0.15, 0.2) is 0 Å². The first-order valence-electron chi connectivity index (χ1n) is 8.92. The minimum Gasteiger partial charge on any atom is -0.371 e. The quantitative estimate of drug-likeness (QED) is 0.789. The first kappa shape index (κ1) is 17.6. The lowest BCUT2D eigenvalue weighted by Gasteiger charge is -2.17. The van der Waals surface area contributed by atoms with E-state index in [0.717, 1.165) is 19.5 Å². The van der Waals surface area contributed by atoms with Gasteiger partial charge >= 0.3 is 0 Å². The number of amides is 1. The fourth-order valence-electron chi connectivity index (χ4n) is 3.48. The lowest BCUT2D eigenvalue weighted by molar-refractivity contribution is -0.135. The number of carbonyl (C=O) groups excluding carboxylic acids is 1. The highest BCUT2D eigenvalue weighted by molar-refractivity contribution is 5.78. The standard InChI is InChI=1S/C21H26N2O2/c22-13-19-14-23(15-20(19)18-9-5-2-6-10-18)21(24)16-25-12-11-17-7-3-1-4-8-17/h1-10,19-20H,11-16,22H2/t19-,20+/m1/s1. The fraction of sp³-hybridized carbons (Fsp3) is 0.381. The number of hydrogen-bond acceptors (Lipinski definition) is 3. The molecule has 2 aromatic rings. The van der Waals surface area contributed by atoms with Gasteiger partial charge in [0.2, 0.25) is 5.91 Å². The summed E-state index contributed by atoms with van der Waals surface area (Å²) in [6.07, 6.45) is 0.826. The Labute approximate surface area is 149 Å². The third-order valence-electron chi connectivity index (χ3n) is 4.93. The number of ether oxygens (including phenoxy) is 1. The van der Waals surface area contributed by atoms with E-state index >= 15 is 0 Å². The Hall–Kier alpha value is -2.17. The van der Waals surface area contributed by atoms with Crippen LogP contribution >= 0.6 is 0 Å². The zero-order valence-corrected chi connectivity index (χ0v) is 14.5. The molecule has 1 amide bonds. The second-order valence-corrected chi connectivity index (χ2v) is 6.60. The van der Waals surface area contributed by atoms with E-state index in [-0.39, 0.29) is 12.5 Å². The molecule has 0 radical (unpaired) electrons. The summed E-state index contributed by atoms with van der Waals surface area (Å²) >= 11 is 0. The summed E-state index contributed by atoms with van der Waals surface area (Å²) in [4.78, 5) is 14.4. The van der Waals surface area contributed by atoms with Gasteiger partial charge in [-0.1, -0.05) is 60.7 Å². The first-order chi connectivity index (χ1) is 12.3. The summed E-state index contributed by atoms with van der Waals surface area (Å²) < 4.78 is 5.60. The van der Waals surface area contributed by atoms with Crippen LogP contribution in [0.3, 0.4) is 0 Å². The van der Waals surface area contributed by atoms with Crippen molar-refractivity contribution in [3.05, 3.63) is 71.8 Å². The molecule has 132 valence electrons. The van der Waals surface area contributed by atoms with Crippen LogP contribution in [-0.2, 0) is 16.0 Å². The fourth-order valence-corrected chi connectivity index (χ4v) is 3.48. The van der Waals surface area contributed by atoms with E-state index in [1.54, 1.807) is 0 Å². The van der Waals surface area contributed by atoms with Crippen LogP contribution in [-0.4, -0.2) is 43.7 Å². The number of rotatable bonds is 7. The van der Waals surface area contributed by atoms with Crippen LogP contribution in [0.2, 0.25) is 0 Å². The monoisotopic (exact) mass is 338 g/mol. The summed E-state index contributed by atoms with van der Waals surface area (Å²) in [5.41, 5.74) is 8.43. The third kappa shape index (κ3) is 4.68. The van der Waals surface area contributed by atoms with Crippen LogP contribution in [0.15, 0.2) is 60.7 Å². The van der Waals surface area contributed by atoms with Gasteiger partial charge in [0.25, 0.3) is 0 Å². The van der Waals surface area contributed by atoms with Gasteiger partial charge in [-0.2, -0.15) is 0 Å². The average Bonchev–Trinajstić information content (AvgIpc) is 3.11. The van der Waals surface area contributed by atoms with Crippen molar-refractivity contribution in [1.29, 1.82) is 0 Å². The zero-order chi connectivity index (χ0) is 17.5. The van der Waals surface area contributed by atoms with E-state index in [4.69, 9.17) is 10.5 Å². The molecule has 1 saturated heterocycles. The van der Waals surface area contributed by atoms with Crippen molar-refractivity contribution in [3.8, 4) is 0 Å². The molecule has 0 spiro atoms. The van der Waals surface area contributed by atoms with Crippen molar-refractivity contribution in [1.82, 2.24) is 4.90 Å². The van der Waals surface area contributed by atoms with Crippen LogP contribution in [0.25, 0.3) is 0 Å². The van der Waals surface area contributed by atoms with Crippen molar-refractivity contribution in [3.63, 3.8) is 0 Å². The van der Waals surface area contributed by atoms with Crippen molar-refractivity contribution in [2.45, 2.75) is 12.3 Å². The van der Waals surface area contributed by atoms with Gasteiger partial charge in [0, 0.05) is 19.0 Å². The van der Waals surface area contributed by atoms with E-state index in [2.05, 4.69) is 24.3 Å². The Morgan fingerprint density at radius 3 is 2.40 bits per heavy atom. The smallest absolute Gasteiger partial charge is 0.248 e. The summed E-state index contributed by atoms with van der Waals surface area (Å²) in [5, 5.41) is 0. The SMILES string of the molecule is NC[C@@H]1CN(C(=O)COCCc2ccccc2)C[C@H]1c1ccccc1. The molecule has 0 saturated carbocycles. The largest absolute Gasteiger partial charge is 0.371 e. The topological polar surface area (TPSA) is 55.6 Å². The highest BCUT2D eigenvalue weighted by Gasteiger charge is 2.35. The number of hydrogen-bond donors (Lipinski definition) is 1. The number of nitrogens with zero attached hydrogens (tertiary/aromatic N) is 1. The first-order valence-corrected chi connectivity index (χ1v) is 8.92. The van der Waals surface area contributed by atoms with E-state index in [9.17, 15) is 4.79 Å². The second-order valence-electron chi connectivity index (χ2n) is 6.60. The summed E-state index contributed by atoms with van der Waals surface area (Å²) in [6, 6.07) is 20.5. The number of benzene rings is 2. The Bertz CT molecular complexity index is 660. The minimum absolute atomic E-state index is 0.0601. The lowest BCUT2D eigenvalue weighted by Crippen LogP contribution is -2.33. The zero-order valence-electron chi connectivity index (χ0n) is 14.5. The predicted molar refractivity (Wildman–Crippen MR) is 99.3 cm³/mol. The summed E-state index contributed by atoms with van der Waals surface area (Å²) in [6.45, 7) is 2.75. The van der Waals surface area contributed by atoms with E-state index < -0.39 is 0 Å². The van der Waals surface area contributed by atoms with Crippen molar-refractivity contribution < 1.29 is 9.53 Å². The van der Waals surface area contributed by atoms with Crippen molar-refractivity contribution >= 4 is 5.91 Å². The van der Waals surface area contributed by atoms with Gasteiger partial charge in [-0.3, -0.25) is 4.79 Å². The van der Waals surface area contributed by atoms with Gasteiger partial charge in [-0.15, -0.1) is 0 Å². The predicted octanol–water partition coefficient (Wildman–Crippen LogP) is 2.45. The van der Waals surface area contributed by atoms with Gasteiger partial charge in [0.05, 0.1) is 6.61 Å². The van der Waals surface area contributed by atoms with Crippen molar-refractivity contribution in [2.24, 2.45) is 11.7 Å². The molecule has 0 aromatic heterocycles. The molecule has 1 aliphatic heterocycles. The summed E-state index contributed by atoms with van der Waals surface area (Å²) in [5.74, 6) is 0.695. The molecule has 1 aliphatic rings. The maximum Gasteiger partial charge on any atom is 0.248 e. The number of likely N-dealkylation sites (tertiary alicyclic amines) is 1. The molecule has 0 aliphatic carbocycles. The molecule has 0 unspecified atom stereocenters. The molecule has 4 heteroatoms. The Morgan fingerprint density at radius 1 is 1.04 bits per heavy atom. The Morgan fingerprint density at radius 2 is 1.72 bits per heavy atom. The highest BCUT2D eigenvalue weighted by atomic mass is 16.5. The maximum atomic E-state index is 12.5. The van der Waals surface area contributed by atoms with Gasteiger partial charge in [-0.05, 0) is 30.0 Å². The van der Waals surface area contributed by atoms with Crippen LogP contribution in [0.1, 0.15) is 17.0 Å². The molecule has 0 bridgehead atoms. The van der Waals surface area contributed by atoms with E-state index in [1.807, 2.05) is 41.3 Å². The van der Waals surface area contributed by atoms with Gasteiger partial charge < -0.3 is 15.4 Å². The van der Waals surface area contributed by atoms with Crippen LogP contribution in [0.5, 0.6) is 0 Å². The molecule has 1 fully saturated rings. The van der Waals surface area contributed by atoms with Gasteiger partial charge in [0.1, 0.15) is 6.61 Å². The van der Waals surface area contributed by atoms with Crippen LogP contribution in [0.4, 0.5) is 0 Å². The highest BCUT2D eigenvalue weighted by Crippen LogP contribution is 2.31. The molecule has 4 nitrogen and oxygen atoms in total. The molecule has 2 aromatic carbocycles. The molecular formula is C21H26N2O2. The lowest BCUT2D eigenvalue weighted by atomic mass is 9.89. The second kappa shape index (κ2) is 8.79. The van der Waals surface area contributed by atoms with Crippen LogP contribution in [0, 0.1) is 5.92 Å². The van der Waals surface area contributed by atoms with Crippen molar-refractivity contribution in [2.75, 3.05) is 32.8 Å². The van der Waals surface area contributed by atoms with Gasteiger partial charge in [-0.25, -0.2) is 0 Å². The normalized spacial score (nSPS) is 20.0. The number of carbonyl (C=O) groups is 1. The molecule has 25 heavy (non-hydrogen) atoms. The molecule has 2 atom stereocenters. The molecule has 2 N–H and O–H groups in total. The maximum absolute atomic E-state index is 12.5. The Kier molecular flexibility index (Phi) is 6.20. The number of nitrogens with two attached hydrogens (primary N) is 1. The van der Waals surface area contributed by atoms with E-state index in [0.29, 0.717) is 25.0 Å². The molecule has 1 heterocycles.